The number of allylic oxidation sites excluding steroid dienone is 1. The van der Waals surface area contributed by atoms with Crippen LogP contribution in [0.1, 0.15) is 36.6 Å². The number of carbonyl (C=O) groups is 1. The number of methoxy groups -OCH3 is 1. The molecule has 1 aliphatic rings. The second kappa shape index (κ2) is 8.25. The maximum Gasteiger partial charge on any atom is 0.261 e. The number of halogens is 1. The van der Waals surface area contributed by atoms with Gasteiger partial charge in [-0.25, -0.2) is 4.39 Å². The van der Waals surface area contributed by atoms with E-state index in [9.17, 15) is 9.18 Å². The summed E-state index contributed by atoms with van der Waals surface area (Å²) in [7, 11) is 1.57. The van der Waals surface area contributed by atoms with Crippen LogP contribution in [0.5, 0.6) is 11.5 Å². The molecule has 2 aromatic carbocycles. The molecule has 0 aliphatic carbocycles. The second-order valence-electron chi connectivity index (χ2n) is 6.56. The van der Waals surface area contributed by atoms with Crippen LogP contribution in [0.3, 0.4) is 0 Å². The van der Waals surface area contributed by atoms with Gasteiger partial charge in [-0.1, -0.05) is 24.3 Å². The van der Waals surface area contributed by atoms with Crippen molar-refractivity contribution in [2.45, 2.75) is 26.3 Å². The van der Waals surface area contributed by atoms with Crippen LogP contribution in [0.25, 0.3) is 6.08 Å². The van der Waals surface area contributed by atoms with Crippen LogP contribution in [0.4, 0.5) is 4.39 Å². The van der Waals surface area contributed by atoms with E-state index < -0.39 is 0 Å². The van der Waals surface area contributed by atoms with E-state index in [0.717, 1.165) is 16.7 Å². The van der Waals surface area contributed by atoms with Crippen molar-refractivity contribution in [1.29, 1.82) is 0 Å². The van der Waals surface area contributed by atoms with Gasteiger partial charge in [0.05, 0.1) is 13.2 Å². The molecule has 27 heavy (non-hydrogen) atoms. The molecule has 1 aliphatic heterocycles. The lowest BCUT2D eigenvalue weighted by atomic mass is 9.93. The van der Waals surface area contributed by atoms with Crippen molar-refractivity contribution in [3.8, 4) is 11.5 Å². The first-order valence-electron chi connectivity index (χ1n) is 9.04. The van der Waals surface area contributed by atoms with E-state index in [1.165, 1.54) is 12.1 Å². The van der Waals surface area contributed by atoms with Crippen LogP contribution in [0.2, 0.25) is 0 Å². The summed E-state index contributed by atoms with van der Waals surface area (Å²) < 4.78 is 24.7. The molecule has 1 amide bonds. The molecule has 1 unspecified atom stereocenters. The summed E-state index contributed by atoms with van der Waals surface area (Å²) in [5.41, 5.74) is 2.95. The Labute approximate surface area is 159 Å². The van der Waals surface area contributed by atoms with Gasteiger partial charge in [0, 0.05) is 6.54 Å². The fraction of sp³-hybridized carbons (Fsp3) is 0.318. The van der Waals surface area contributed by atoms with Crippen LogP contribution in [0.15, 0.2) is 42.5 Å². The zero-order chi connectivity index (χ0) is 19.4. The highest BCUT2D eigenvalue weighted by molar-refractivity contribution is 5.78. The van der Waals surface area contributed by atoms with Crippen molar-refractivity contribution in [3.63, 3.8) is 0 Å². The lowest BCUT2D eigenvalue weighted by molar-refractivity contribution is -0.136. The lowest BCUT2D eigenvalue weighted by Crippen LogP contribution is -2.41. The normalized spacial score (nSPS) is 16.3. The second-order valence-corrected chi connectivity index (χ2v) is 6.56. The fourth-order valence-electron chi connectivity index (χ4n) is 3.45. The Morgan fingerprint density at radius 2 is 2.07 bits per heavy atom. The number of ether oxygens (including phenoxy) is 2. The largest absolute Gasteiger partial charge is 0.493 e. The van der Waals surface area contributed by atoms with Crippen molar-refractivity contribution in [3.05, 3.63) is 65.0 Å². The molecule has 0 N–H and O–H groups in total. The smallest absolute Gasteiger partial charge is 0.261 e. The summed E-state index contributed by atoms with van der Waals surface area (Å²) in [5.74, 6) is 0.696. The van der Waals surface area contributed by atoms with E-state index in [1.54, 1.807) is 24.1 Å². The summed E-state index contributed by atoms with van der Waals surface area (Å²) in [6.07, 6.45) is 4.62. The first-order chi connectivity index (χ1) is 13.0. The Bertz CT molecular complexity index is 863. The van der Waals surface area contributed by atoms with Gasteiger partial charge in [0.1, 0.15) is 5.82 Å². The van der Waals surface area contributed by atoms with Crippen LogP contribution >= 0.6 is 0 Å². The Hall–Kier alpha value is -2.82. The Balaban J connectivity index is 1.69. The highest BCUT2D eigenvalue weighted by atomic mass is 19.1. The van der Waals surface area contributed by atoms with Crippen molar-refractivity contribution >= 4 is 12.0 Å². The number of amides is 1. The standard InChI is InChI=1S/C22H24FNO3/c1-4-5-16-6-9-20(21(12-16)26-3)27-14-22(25)24-11-10-17-7-8-18(23)13-19(17)15(24)2/h4-9,12-13,15H,10-11,14H2,1-3H3/b5-4+. The predicted octanol–water partition coefficient (Wildman–Crippen LogP) is 4.39. The van der Waals surface area contributed by atoms with Gasteiger partial charge in [-0.2, -0.15) is 0 Å². The number of hydrogen-bond acceptors (Lipinski definition) is 3. The van der Waals surface area contributed by atoms with Crippen molar-refractivity contribution in [2.75, 3.05) is 20.3 Å². The van der Waals surface area contributed by atoms with Gasteiger partial charge < -0.3 is 14.4 Å². The zero-order valence-corrected chi connectivity index (χ0v) is 15.9. The molecule has 0 bridgehead atoms. The molecule has 0 saturated carbocycles. The topological polar surface area (TPSA) is 38.8 Å². The molecule has 0 saturated heterocycles. The molecular weight excluding hydrogens is 345 g/mol. The molecule has 2 aromatic rings. The number of rotatable bonds is 5. The number of hydrogen-bond donors (Lipinski definition) is 0. The molecule has 5 heteroatoms. The number of nitrogens with zero attached hydrogens (tertiary/aromatic N) is 1. The summed E-state index contributed by atoms with van der Waals surface area (Å²) in [4.78, 5) is 14.4. The quantitative estimate of drug-likeness (QED) is 0.784. The average Bonchev–Trinajstić information content (AvgIpc) is 2.67. The number of carbonyl (C=O) groups excluding carboxylic acids is 1. The summed E-state index contributed by atoms with van der Waals surface area (Å²) in [5, 5.41) is 0. The molecule has 0 fully saturated rings. The van der Waals surface area contributed by atoms with Gasteiger partial charge in [-0.15, -0.1) is 0 Å². The number of fused-ring (bicyclic) bond motifs is 1. The minimum absolute atomic E-state index is 0.0890. The maximum atomic E-state index is 13.6. The average molecular weight is 369 g/mol. The molecule has 0 spiro atoms. The van der Waals surface area contributed by atoms with Gasteiger partial charge in [0.2, 0.25) is 0 Å². The van der Waals surface area contributed by atoms with E-state index in [1.807, 2.05) is 38.1 Å². The molecule has 1 heterocycles. The van der Waals surface area contributed by atoms with Crippen molar-refractivity contribution < 1.29 is 18.7 Å². The molecule has 0 aromatic heterocycles. The van der Waals surface area contributed by atoms with Crippen LogP contribution < -0.4 is 9.47 Å². The van der Waals surface area contributed by atoms with E-state index in [-0.39, 0.29) is 24.4 Å². The highest BCUT2D eigenvalue weighted by Crippen LogP contribution is 2.31. The summed E-state index contributed by atoms with van der Waals surface area (Å²) >= 11 is 0. The summed E-state index contributed by atoms with van der Waals surface area (Å²) in [6, 6.07) is 10.2. The molecule has 142 valence electrons. The first kappa shape index (κ1) is 19.0. The van der Waals surface area contributed by atoms with Crippen molar-refractivity contribution in [1.82, 2.24) is 4.90 Å². The first-order valence-corrected chi connectivity index (χ1v) is 9.04. The minimum Gasteiger partial charge on any atom is -0.493 e. The SMILES string of the molecule is C/C=C/c1ccc(OCC(=O)N2CCc3ccc(F)cc3C2C)c(OC)c1. The van der Waals surface area contributed by atoms with Gasteiger partial charge in [-0.3, -0.25) is 4.79 Å². The van der Waals surface area contributed by atoms with E-state index in [2.05, 4.69) is 0 Å². The van der Waals surface area contributed by atoms with Gasteiger partial charge in [-0.05, 0) is 61.2 Å². The Morgan fingerprint density at radius 1 is 1.26 bits per heavy atom. The molecular formula is C22H24FNO3. The molecule has 0 radical (unpaired) electrons. The monoisotopic (exact) mass is 369 g/mol. The molecule has 1 atom stereocenters. The van der Waals surface area contributed by atoms with E-state index >= 15 is 0 Å². The molecule has 3 rings (SSSR count). The Kier molecular flexibility index (Phi) is 5.79. The van der Waals surface area contributed by atoms with E-state index in [4.69, 9.17) is 9.47 Å². The Morgan fingerprint density at radius 3 is 2.81 bits per heavy atom. The van der Waals surface area contributed by atoms with E-state index in [0.29, 0.717) is 24.5 Å². The van der Waals surface area contributed by atoms with Crippen LogP contribution in [-0.2, 0) is 11.2 Å². The maximum absolute atomic E-state index is 13.6. The van der Waals surface area contributed by atoms with Gasteiger partial charge in [0.25, 0.3) is 5.91 Å². The minimum atomic E-state index is -0.280. The summed E-state index contributed by atoms with van der Waals surface area (Å²) in [6.45, 7) is 4.37. The van der Waals surface area contributed by atoms with Crippen LogP contribution in [0, 0.1) is 5.82 Å². The number of benzene rings is 2. The molecule has 4 nitrogen and oxygen atoms in total. The zero-order valence-electron chi connectivity index (χ0n) is 15.9. The van der Waals surface area contributed by atoms with Gasteiger partial charge >= 0.3 is 0 Å². The third kappa shape index (κ3) is 4.13. The van der Waals surface area contributed by atoms with Crippen molar-refractivity contribution in [2.24, 2.45) is 0 Å². The van der Waals surface area contributed by atoms with Gasteiger partial charge in [0.15, 0.2) is 18.1 Å². The predicted molar refractivity (Wildman–Crippen MR) is 103 cm³/mol. The third-order valence-electron chi connectivity index (χ3n) is 4.87. The lowest BCUT2D eigenvalue weighted by Gasteiger charge is -2.35. The fourth-order valence-corrected chi connectivity index (χ4v) is 3.45. The third-order valence-corrected chi connectivity index (χ3v) is 4.87. The van der Waals surface area contributed by atoms with Crippen LogP contribution in [-0.4, -0.2) is 31.1 Å². The highest BCUT2D eigenvalue weighted by Gasteiger charge is 2.28.